The molecule has 0 saturated heterocycles. The van der Waals surface area contributed by atoms with Gasteiger partial charge in [0.1, 0.15) is 5.75 Å². The number of benzene rings is 1. The largest absolute Gasteiger partial charge is 0.494 e. The predicted molar refractivity (Wildman–Crippen MR) is 99.1 cm³/mol. The standard InChI is InChI=1S/C18H23ClN2O2S/c1-13-11-15(7-8-16(13)19)23-10-4-5-17(22)20-9-3-6-18-21-14(2)12-24-18/h7-8,11-12H,3-6,9-10H2,1-2H3,(H,20,22). The molecule has 1 aromatic carbocycles. The van der Waals surface area contributed by atoms with E-state index in [-0.39, 0.29) is 5.91 Å². The molecule has 1 aromatic heterocycles. The van der Waals surface area contributed by atoms with Crippen molar-refractivity contribution in [3.63, 3.8) is 0 Å². The fraction of sp³-hybridized carbons (Fsp3) is 0.444. The summed E-state index contributed by atoms with van der Waals surface area (Å²) in [6.07, 6.45) is 3.00. The molecule has 0 aliphatic carbocycles. The van der Waals surface area contributed by atoms with Crippen molar-refractivity contribution in [2.45, 2.75) is 39.5 Å². The van der Waals surface area contributed by atoms with E-state index < -0.39 is 0 Å². The zero-order valence-electron chi connectivity index (χ0n) is 14.1. The van der Waals surface area contributed by atoms with E-state index in [1.165, 1.54) is 0 Å². The number of amides is 1. The van der Waals surface area contributed by atoms with E-state index in [0.29, 0.717) is 26.0 Å². The van der Waals surface area contributed by atoms with Crippen molar-refractivity contribution in [1.82, 2.24) is 10.3 Å². The molecule has 0 fully saturated rings. The number of thiazole rings is 1. The Morgan fingerprint density at radius 3 is 2.88 bits per heavy atom. The molecule has 130 valence electrons. The van der Waals surface area contributed by atoms with Gasteiger partial charge in [0.05, 0.1) is 11.6 Å². The first-order chi connectivity index (χ1) is 11.5. The van der Waals surface area contributed by atoms with Crippen LogP contribution in [-0.4, -0.2) is 24.0 Å². The van der Waals surface area contributed by atoms with Gasteiger partial charge in [0.2, 0.25) is 5.91 Å². The highest BCUT2D eigenvalue weighted by Gasteiger charge is 2.03. The lowest BCUT2D eigenvalue weighted by atomic mass is 10.2. The SMILES string of the molecule is Cc1csc(CCCNC(=O)CCCOc2ccc(Cl)c(C)c2)n1. The summed E-state index contributed by atoms with van der Waals surface area (Å²) in [5.74, 6) is 0.859. The number of aryl methyl sites for hydroxylation is 3. The summed E-state index contributed by atoms with van der Waals surface area (Å²) in [6, 6.07) is 5.57. The van der Waals surface area contributed by atoms with E-state index >= 15 is 0 Å². The number of ether oxygens (including phenoxy) is 1. The number of rotatable bonds is 9. The first-order valence-corrected chi connectivity index (χ1v) is 9.37. The molecular weight excluding hydrogens is 344 g/mol. The zero-order valence-corrected chi connectivity index (χ0v) is 15.7. The van der Waals surface area contributed by atoms with Crippen molar-refractivity contribution in [3.8, 4) is 5.75 Å². The number of aromatic nitrogens is 1. The van der Waals surface area contributed by atoms with E-state index in [1.54, 1.807) is 11.3 Å². The second-order valence-electron chi connectivity index (χ2n) is 5.70. The van der Waals surface area contributed by atoms with Crippen LogP contribution in [0.15, 0.2) is 23.6 Å². The summed E-state index contributed by atoms with van der Waals surface area (Å²) >= 11 is 7.65. The Hall–Kier alpha value is -1.59. The van der Waals surface area contributed by atoms with Crippen LogP contribution in [0.1, 0.15) is 35.5 Å². The van der Waals surface area contributed by atoms with Crippen LogP contribution in [0, 0.1) is 13.8 Å². The maximum absolute atomic E-state index is 11.8. The second-order valence-corrected chi connectivity index (χ2v) is 7.05. The van der Waals surface area contributed by atoms with E-state index in [0.717, 1.165) is 39.9 Å². The third-order valence-corrected chi connectivity index (χ3v) is 4.95. The molecular formula is C18H23ClN2O2S. The maximum Gasteiger partial charge on any atom is 0.220 e. The van der Waals surface area contributed by atoms with Gasteiger partial charge in [0.15, 0.2) is 0 Å². The lowest BCUT2D eigenvalue weighted by Gasteiger charge is -2.08. The van der Waals surface area contributed by atoms with Crippen LogP contribution >= 0.6 is 22.9 Å². The first kappa shape index (κ1) is 18.7. The Bertz CT molecular complexity index is 673. The third-order valence-electron chi connectivity index (χ3n) is 3.50. The van der Waals surface area contributed by atoms with Gasteiger partial charge in [-0.3, -0.25) is 4.79 Å². The van der Waals surface area contributed by atoms with Crippen LogP contribution in [0.5, 0.6) is 5.75 Å². The molecule has 0 radical (unpaired) electrons. The Morgan fingerprint density at radius 1 is 1.33 bits per heavy atom. The molecule has 0 saturated carbocycles. The number of nitrogens with zero attached hydrogens (tertiary/aromatic N) is 1. The van der Waals surface area contributed by atoms with Gasteiger partial charge in [-0.2, -0.15) is 0 Å². The summed E-state index contributed by atoms with van der Waals surface area (Å²) in [7, 11) is 0. The van der Waals surface area contributed by atoms with Crippen molar-refractivity contribution in [1.29, 1.82) is 0 Å². The van der Waals surface area contributed by atoms with E-state index in [9.17, 15) is 4.79 Å². The minimum absolute atomic E-state index is 0.0706. The molecule has 0 bridgehead atoms. The number of halogens is 1. The molecule has 1 N–H and O–H groups in total. The number of carbonyl (C=O) groups excluding carboxylic acids is 1. The number of carbonyl (C=O) groups is 1. The Balaban J connectivity index is 1.54. The van der Waals surface area contributed by atoms with Crippen LogP contribution in [-0.2, 0) is 11.2 Å². The second kappa shape index (κ2) is 9.64. The summed E-state index contributed by atoms with van der Waals surface area (Å²) in [6.45, 7) is 5.15. The van der Waals surface area contributed by atoms with Gasteiger partial charge in [-0.05, 0) is 50.5 Å². The fourth-order valence-electron chi connectivity index (χ4n) is 2.20. The summed E-state index contributed by atoms with van der Waals surface area (Å²) in [4.78, 5) is 16.2. The molecule has 0 spiro atoms. The molecule has 0 aliphatic rings. The van der Waals surface area contributed by atoms with Crippen LogP contribution in [0.3, 0.4) is 0 Å². The van der Waals surface area contributed by atoms with E-state index in [4.69, 9.17) is 16.3 Å². The Labute approximate surface area is 152 Å². The smallest absolute Gasteiger partial charge is 0.220 e. The minimum Gasteiger partial charge on any atom is -0.494 e. The minimum atomic E-state index is 0.0706. The molecule has 24 heavy (non-hydrogen) atoms. The number of hydrogen-bond acceptors (Lipinski definition) is 4. The molecule has 0 unspecified atom stereocenters. The molecule has 1 amide bonds. The normalized spacial score (nSPS) is 10.6. The summed E-state index contributed by atoms with van der Waals surface area (Å²) < 4.78 is 5.63. The quantitative estimate of drug-likeness (QED) is 0.672. The van der Waals surface area contributed by atoms with Gasteiger partial charge < -0.3 is 10.1 Å². The average Bonchev–Trinajstić information content (AvgIpc) is 2.97. The molecule has 4 nitrogen and oxygen atoms in total. The van der Waals surface area contributed by atoms with Gasteiger partial charge in [0, 0.05) is 35.5 Å². The Morgan fingerprint density at radius 2 is 2.17 bits per heavy atom. The van der Waals surface area contributed by atoms with Crippen molar-refractivity contribution in [2.75, 3.05) is 13.2 Å². The lowest BCUT2D eigenvalue weighted by molar-refractivity contribution is -0.121. The van der Waals surface area contributed by atoms with Crippen LogP contribution < -0.4 is 10.1 Å². The highest BCUT2D eigenvalue weighted by Crippen LogP contribution is 2.21. The van der Waals surface area contributed by atoms with Gasteiger partial charge in [0.25, 0.3) is 0 Å². The van der Waals surface area contributed by atoms with Crippen LogP contribution in [0.25, 0.3) is 0 Å². The van der Waals surface area contributed by atoms with Crippen LogP contribution in [0.2, 0.25) is 5.02 Å². The summed E-state index contributed by atoms with van der Waals surface area (Å²) in [5, 5.41) is 6.86. The van der Waals surface area contributed by atoms with Crippen molar-refractivity contribution in [2.24, 2.45) is 0 Å². The van der Waals surface area contributed by atoms with E-state index in [2.05, 4.69) is 15.7 Å². The van der Waals surface area contributed by atoms with Gasteiger partial charge in [-0.1, -0.05) is 11.6 Å². The molecule has 1 heterocycles. The third kappa shape index (κ3) is 6.49. The van der Waals surface area contributed by atoms with Crippen LogP contribution in [0.4, 0.5) is 0 Å². The topological polar surface area (TPSA) is 51.2 Å². The van der Waals surface area contributed by atoms with Gasteiger partial charge in [-0.15, -0.1) is 11.3 Å². The fourth-order valence-corrected chi connectivity index (χ4v) is 3.14. The van der Waals surface area contributed by atoms with Gasteiger partial charge >= 0.3 is 0 Å². The predicted octanol–water partition coefficient (Wildman–Crippen LogP) is 4.32. The molecule has 2 aromatic rings. The van der Waals surface area contributed by atoms with Crippen molar-refractivity contribution < 1.29 is 9.53 Å². The lowest BCUT2D eigenvalue weighted by Crippen LogP contribution is -2.24. The molecule has 6 heteroatoms. The highest BCUT2D eigenvalue weighted by atomic mass is 35.5. The van der Waals surface area contributed by atoms with Crippen molar-refractivity contribution in [3.05, 3.63) is 44.9 Å². The molecule has 0 atom stereocenters. The average molecular weight is 367 g/mol. The number of nitrogens with one attached hydrogen (secondary N) is 1. The highest BCUT2D eigenvalue weighted by molar-refractivity contribution is 7.09. The van der Waals surface area contributed by atoms with Gasteiger partial charge in [-0.25, -0.2) is 4.98 Å². The number of hydrogen-bond donors (Lipinski definition) is 1. The van der Waals surface area contributed by atoms with Crippen molar-refractivity contribution >= 4 is 28.8 Å². The Kier molecular flexibility index (Phi) is 7.53. The first-order valence-electron chi connectivity index (χ1n) is 8.11. The maximum atomic E-state index is 11.8. The monoisotopic (exact) mass is 366 g/mol. The molecule has 2 rings (SSSR count). The molecule has 0 aliphatic heterocycles. The summed E-state index contributed by atoms with van der Waals surface area (Å²) in [5.41, 5.74) is 2.05. The van der Waals surface area contributed by atoms with E-state index in [1.807, 2.05) is 32.0 Å². The zero-order chi connectivity index (χ0) is 17.4.